The van der Waals surface area contributed by atoms with E-state index in [0.29, 0.717) is 11.3 Å². The van der Waals surface area contributed by atoms with Gasteiger partial charge in [0, 0.05) is 15.7 Å². The number of nitrogens with two attached hydrogens (primary N) is 1. The molecule has 0 fully saturated rings. The number of carbonyl (C=O) groups excluding carboxylic acids is 3. The number of hydrogen-bond acceptors (Lipinski definition) is 3. The van der Waals surface area contributed by atoms with Gasteiger partial charge in [0.25, 0.3) is 0 Å². The standard InChI is InChI=1S/C18H18BrN3O3/c1-11(23)13-3-2-4-15(9-13)21-17(24)10-16(22-18(20)25)12-5-7-14(19)8-6-12/h2-9,16H,10H2,1H3,(H,21,24)(H3,20,22,25)/t16-/m0/s1. The fourth-order valence-corrected chi connectivity index (χ4v) is 2.60. The third-order valence-electron chi connectivity index (χ3n) is 3.53. The number of benzene rings is 2. The van der Waals surface area contributed by atoms with Crippen LogP contribution in [0.3, 0.4) is 0 Å². The Hall–Kier alpha value is -2.67. The summed E-state index contributed by atoms with van der Waals surface area (Å²) in [4.78, 5) is 35.0. The second-order valence-electron chi connectivity index (χ2n) is 5.50. The Morgan fingerprint density at radius 3 is 2.40 bits per heavy atom. The van der Waals surface area contributed by atoms with Gasteiger partial charge in [-0.3, -0.25) is 9.59 Å². The quantitative estimate of drug-likeness (QED) is 0.644. The van der Waals surface area contributed by atoms with Gasteiger partial charge in [0.1, 0.15) is 0 Å². The zero-order chi connectivity index (χ0) is 18.4. The number of urea groups is 1. The highest BCUT2D eigenvalue weighted by Gasteiger charge is 2.18. The maximum absolute atomic E-state index is 12.3. The van der Waals surface area contributed by atoms with Crippen LogP contribution in [0.25, 0.3) is 0 Å². The number of ketones is 1. The molecule has 6 nitrogen and oxygen atoms in total. The summed E-state index contributed by atoms with van der Waals surface area (Å²) in [6.45, 7) is 1.46. The highest BCUT2D eigenvalue weighted by Crippen LogP contribution is 2.21. The van der Waals surface area contributed by atoms with Crippen LogP contribution in [0.15, 0.2) is 53.0 Å². The highest BCUT2D eigenvalue weighted by atomic mass is 79.9. The van der Waals surface area contributed by atoms with Crippen LogP contribution in [-0.2, 0) is 4.79 Å². The van der Waals surface area contributed by atoms with Crippen LogP contribution in [-0.4, -0.2) is 17.7 Å². The molecule has 130 valence electrons. The van der Waals surface area contributed by atoms with Crippen molar-refractivity contribution in [2.45, 2.75) is 19.4 Å². The maximum Gasteiger partial charge on any atom is 0.312 e. The summed E-state index contributed by atoms with van der Waals surface area (Å²) < 4.78 is 0.888. The van der Waals surface area contributed by atoms with Crippen LogP contribution in [0.4, 0.5) is 10.5 Å². The lowest BCUT2D eigenvalue weighted by Crippen LogP contribution is -2.35. The lowest BCUT2D eigenvalue weighted by atomic mass is 10.0. The van der Waals surface area contributed by atoms with Gasteiger partial charge < -0.3 is 16.4 Å². The molecule has 0 aliphatic rings. The number of primary amides is 1. The Morgan fingerprint density at radius 1 is 1.12 bits per heavy atom. The molecule has 7 heteroatoms. The maximum atomic E-state index is 12.3. The molecule has 0 aromatic heterocycles. The second kappa shape index (κ2) is 8.43. The summed E-state index contributed by atoms with van der Waals surface area (Å²) in [5.41, 5.74) is 7.00. The van der Waals surface area contributed by atoms with Gasteiger partial charge in [-0.15, -0.1) is 0 Å². The van der Waals surface area contributed by atoms with Gasteiger partial charge in [0.15, 0.2) is 5.78 Å². The van der Waals surface area contributed by atoms with Crippen molar-refractivity contribution in [1.29, 1.82) is 0 Å². The summed E-state index contributed by atoms with van der Waals surface area (Å²) in [6.07, 6.45) is 0.00880. The predicted octanol–water partition coefficient (Wildman–Crippen LogP) is 3.39. The number of nitrogens with one attached hydrogen (secondary N) is 2. The van der Waals surface area contributed by atoms with E-state index in [1.54, 1.807) is 36.4 Å². The van der Waals surface area contributed by atoms with E-state index in [0.717, 1.165) is 10.0 Å². The molecule has 0 saturated carbocycles. The monoisotopic (exact) mass is 403 g/mol. The van der Waals surface area contributed by atoms with Crippen molar-refractivity contribution in [3.63, 3.8) is 0 Å². The van der Waals surface area contributed by atoms with Crippen molar-refractivity contribution in [3.8, 4) is 0 Å². The molecule has 0 unspecified atom stereocenters. The molecule has 2 aromatic carbocycles. The lowest BCUT2D eigenvalue weighted by Gasteiger charge is -2.18. The summed E-state index contributed by atoms with van der Waals surface area (Å²) in [7, 11) is 0. The predicted molar refractivity (Wildman–Crippen MR) is 99.3 cm³/mol. The zero-order valence-electron chi connectivity index (χ0n) is 13.6. The van der Waals surface area contributed by atoms with E-state index < -0.39 is 12.1 Å². The van der Waals surface area contributed by atoms with Crippen LogP contribution in [0.1, 0.15) is 35.3 Å². The SMILES string of the molecule is CC(=O)c1cccc(NC(=O)C[C@H](NC(N)=O)c2ccc(Br)cc2)c1. The normalized spacial score (nSPS) is 11.4. The first-order chi connectivity index (χ1) is 11.8. The Balaban J connectivity index is 2.11. The molecule has 3 amide bonds. The van der Waals surface area contributed by atoms with Crippen molar-refractivity contribution < 1.29 is 14.4 Å². The van der Waals surface area contributed by atoms with Crippen LogP contribution < -0.4 is 16.4 Å². The number of amides is 3. The number of Topliss-reactive ketones (excluding diaryl/α,β-unsaturated/α-hetero) is 1. The minimum absolute atomic E-state index is 0.00880. The average Bonchev–Trinajstić information content (AvgIpc) is 2.54. The molecule has 0 bridgehead atoms. The highest BCUT2D eigenvalue weighted by molar-refractivity contribution is 9.10. The van der Waals surface area contributed by atoms with Crippen molar-refractivity contribution >= 4 is 39.3 Å². The Bertz CT molecular complexity index is 790. The molecule has 0 spiro atoms. The van der Waals surface area contributed by atoms with Gasteiger partial charge >= 0.3 is 6.03 Å². The molecule has 0 aliphatic heterocycles. The smallest absolute Gasteiger partial charge is 0.312 e. The molecule has 25 heavy (non-hydrogen) atoms. The van der Waals surface area contributed by atoms with Gasteiger partial charge in [-0.2, -0.15) is 0 Å². The first-order valence-corrected chi connectivity index (χ1v) is 8.36. The first-order valence-electron chi connectivity index (χ1n) is 7.57. The third-order valence-corrected chi connectivity index (χ3v) is 4.06. The molecule has 0 aliphatic carbocycles. The van der Waals surface area contributed by atoms with Gasteiger partial charge in [-0.05, 0) is 36.8 Å². The van der Waals surface area contributed by atoms with E-state index in [4.69, 9.17) is 5.73 Å². The third kappa shape index (κ3) is 5.72. The van der Waals surface area contributed by atoms with E-state index in [1.165, 1.54) is 6.92 Å². The molecule has 4 N–H and O–H groups in total. The Morgan fingerprint density at radius 2 is 1.80 bits per heavy atom. The summed E-state index contributed by atoms with van der Waals surface area (Å²) in [6, 6.07) is 12.6. The number of anilines is 1. The molecular formula is C18H18BrN3O3. The van der Waals surface area contributed by atoms with Crippen LogP contribution in [0.2, 0.25) is 0 Å². The number of halogens is 1. The van der Waals surface area contributed by atoms with Gasteiger partial charge in [0.05, 0.1) is 12.5 Å². The topological polar surface area (TPSA) is 101 Å². The molecule has 2 rings (SSSR count). The Labute approximate surface area is 153 Å². The van der Waals surface area contributed by atoms with Crippen LogP contribution >= 0.6 is 15.9 Å². The van der Waals surface area contributed by atoms with Crippen molar-refractivity contribution in [3.05, 3.63) is 64.1 Å². The fraction of sp³-hybridized carbons (Fsp3) is 0.167. The van der Waals surface area contributed by atoms with E-state index in [1.807, 2.05) is 12.1 Å². The van der Waals surface area contributed by atoms with E-state index in [2.05, 4.69) is 26.6 Å². The number of rotatable bonds is 6. The van der Waals surface area contributed by atoms with Crippen LogP contribution in [0, 0.1) is 0 Å². The Kier molecular flexibility index (Phi) is 6.30. The molecule has 0 heterocycles. The number of hydrogen-bond donors (Lipinski definition) is 3. The van der Waals surface area contributed by atoms with E-state index in [9.17, 15) is 14.4 Å². The molecular weight excluding hydrogens is 386 g/mol. The van der Waals surface area contributed by atoms with Gasteiger partial charge in [0.2, 0.25) is 5.91 Å². The van der Waals surface area contributed by atoms with Crippen molar-refractivity contribution in [1.82, 2.24) is 5.32 Å². The van der Waals surface area contributed by atoms with Gasteiger partial charge in [-0.1, -0.05) is 40.2 Å². The zero-order valence-corrected chi connectivity index (χ0v) is 15.2. The molecule has 1 atom stereocenters. The number of carbonyl (C=O) groups is 3. The minimum Gasteiger partial charge on any atom is -0.352 e. The van der Waals surface area contributed by atoms with Crippen LogP contribution in [0.5, 0.6) is 0 Å². The fourth-order valence-electron chi connectivity index (χ4n) is 2.33. The van der Waals surface area contributed by atoms with Crippen molar-refractivity contribution in [2.75, 3.05) is 5.32 Å². The molecule has 0 saturated heterocycles. The molecule has 2 aromatic rings. The van der Waals surface area contributed by atoms with Crippen molar-refractivity contribution in [2.24, 2.45) is 5.73 Å². The average molecular weight is 404 g/mol. The second-order valence-corrected chi connectivity index (χ2v) is 6.42. The lowest BCUT2D eigenvalue weighted by molar-refractivity contribution is -0.116. The van der Waals surface area contributed by atoms with Gasteiger partial charge in [-0.25, -0.2) is 4.79 Å². The van der Waals surface area contributed by atoms with E-state index >= 15 is 0 Å². The summed E-state index contributed by atoms with van der Waals surface area (Å²) >= 11 is 3.34. The molecule has 0 radical (unpaired) electrons. The summed E-state index contributed by atoms with van der Waals surface area (Å²) in [5, 5.41) is 5.30. The summed E-state index contributed by atoms with van der Waals surface area (Å²) in [5.74, 6) is -0.387. The largest absolute Gasteiger partial charge is 0.352 e. The first kappa shape index (κ1) is 18.7. The minimum atomic E-state index is -0.709. The van der Waals surface area contributed by atoms with E-state index in [-0.39, 0.29) is 18.1 Å².